The van der Waals surface area contributed by atoms with Crippen molar-refractivity contribution in [3.63, 3.8) is 0 Å². The second-order valence-corrected chi connectivity index (χ2v) is 11.8. The van der Waals surface area contributed by atoms with Gasteiger partial charge in [0.1, 0.15) is 13.2 Å². The number of esters is 3. The van der Waals surface area contributed by atoms with Crippen LogP contribution in [0.25, 0.3) is 0 Å². The van der Waals surface area contributed by atoms with Crippen LogP contribution >= 0.6 is 0 Å². The van der Waals surface area contributed by atoms with E-state index < -0.39 is 6.10 Å². The van der Waals surface area contributed by atoms with E-state index in [1.807, 2.05) is 0 Å². The molecule has 0 aliphatic rings. The molecule has 0 saturated heterocycles. The molecule has 0 aromatic heterocycles. The summed E-state index contributed by atoms with van der Waals surface area (Å²) in [5, 5.41) is 0. The second kappa shape index (κ2) is 26.6. The molecule has 0 amide bonds. The summed E-state index contributed by atoms with van der Waals surface area (Å²) in [6.45, 7) is 10.8. The molecule has 0 aromatic carbocycles. The van der Waals surface area contributed by atoms with Gasteiger partial charge in [-0.15, -0.1) is 0 Å². The van der Waals surface area contributed by atoms with Crippen LogP contribution in [-0.4, -0.2) is 37.2 Å². The van der Waals surface area contributed by atoms with Crippen molar-refractivity contribution in [2.45, 2.75) is 169 Å². The maximum Gasteiger partial charge on any atom is 0.306 e. The zero-order valence-electron chi connectivity index (χ0n) is 26.2. The fraction of sp³-hybridized carbons (Fsp3) is 0.909. The first-order valence-electron chi connectivity index (χ1n) is 16.3. The summed E-state index contributed by atoms with van der Waals surface area (Å²) >= 11 is 0. The van der Waals surface area contributed by atoms with Crippen molar-refractivity contribution in [2.75, 3.05) is 13.2 Å². The third-order valence-electron chi connectivity index (χ3n) is 7.16. The van der Waals surface area contributed by atoms with E-state index in [1.54, 1.807) is 0 Å². The van der Waals surface area contributed by atoms with Crippen LogP contribution in [0.2, 0.25) is 0 Å². The van der Waals surface area contributed by atoms with E-state index in [4.69, 9.17) is 14.2 Å². The number of hydrogen-bond acceptors (Lipinski definition) is 6. The second-order valence-electron chi connectivity index (χ2n) is 11.8. The van der Waals surface area contributed by atoms with E-state index >= 15 is 0 Å². The maximum atomic E-state index is 12.5. The normalized spacial score (nSPS) is 12.8. The van der Waals surface area contributed by atoms with Crippen molar-refractivity contribution in [1.29, 1.82) is 0 Å². The van der Waals surface area contributed by atoms with Crippen molar-refractivity contribution < 1.29 is 28.6 Å². The van der Waals surface area contributed by atoms with Gasteiger partial charge in [0.15, 0.2) is 6.10 Å². The van der Waals surface area contributed by atoms with Gasteiger partial charge in [-0.05, 0) is 31.1 Å². The van der Waals surface area contributed by atoms with Gasteiger partial charge in [0.05, 0.1) is 0 Å². The lowest BCUT2D eigenvalue weighted by Crippen LogP contribution is -2.30. The molecule has 0 rings (SSSR count). The Hall–Kier alpha value is -1.59. The maximum absolute atomic E-state index is 12.5. The molecule has 6 heteroatoms. The van der Waals surface area contributed by atoms with E-state index in [2.05, 4.69) is 34.6 Å². The first-order chi connectivity index (χ1) is 18.8. The molecule has 6 nitrogen and oxygen atoms in total. The summed E-state index contributed by atoms with van der Waals surface area (Å²) in [6.07, 6.45) is 19.0. The summed E-state index contributed by atoms with van der Waals surface area (Å²) in [7, 11) is 0. The lowest BCUT2D eigenvalue weighted by atomic mass is 9.99. The number of rotatable bonds is 27. The molecular formula is C33H62O6. The Bertz CT molecular complexity index is 603. The third kappa shape index (κ3) is 26.4. The standard InChI is InChI=1S/C33H62O6/c1-6-8-9-10-11-12-13-14-17-24-33(36)39-30(26-37-31(34)23-18-15-16-21-28(3)4)27-38-32(35)25-19-22-29(5)20-7-2/h28-30H,6-27H2,1-5H3. The summed E-state index contributed by atoms with van der Waals surface area (Å²) in [5.41, 5.74) is 0. The van der Waals surface area contributed by atoms with Gasteiger partial charge in [-0.1, -0.05) is 125 Å². The molecule has 2 unspecified atom stereocenters. The number of unbranched alkanes of at least 4 members (excludes halogenated alkanes) is 10. The largest absolute Gasteiger partial charge is 0.462 e. The van der Waals surface area contributed by atoms with Gasteiger partial charge in [0.2, 0.25) is 0 Å². The highest BCUT2D eigenvalue weighted by Gasteiger charge is 2.19. The fourth-order valence-electron chi connectivity index (χ4n) is 4.69. The van der Waals surface area contributed by atoms with Crippen molar-refractivity contribution in [3.05, 3.63) is 0 Å². The van der Waals surface area contributed by atoms with E-state index in [0.29, 0.717) is 31.1 Å². The van der Waals surface area contributed by atoms with Gasteiger partial charge in [-0.2, -0.15) is 0 Å². The smallest absolute Gasteiger partial charge is 0.306 e. The van der Waals surface area contributed by atoms with Gasteiger partial charge >= 0.3 is 17.9 Å². The predicted octanol–water partition coefficient (Wildman–Crippen LogP) is 9.12. The molecule has 2 atom stereocenters. The Morgan fingerprint density at radius 2 is 1.00 bits per heavy atom. The predicted molar refractivity (Wildman–Crippen MR) is 159 cm³/mol. The minimum absolute atomic E-state index is 0.0743. The lowest BCUT2D eigenvalue weighted by Gasteiger charge is -2.18. The number of ether oxygens (including phenoxy) is 3. The van der Waals surface area contributed by atoms with Gasteiger partial charge in [-0.3, -0.25) is 14.4 Å². The zero-order chi connectivity index (χ0) is 29.1. The lowest BCUT2D eigenvalue weighted by molar-refractivity contribution is -0.167. The summed E-state index contributed by atoms with van der Waals surface area (Å²) in [5.74, 6) is 0.357. The van der Waals surface area contributed by atoms with Gasteiger partial charge in [0.25, 0.3) is 0 Å². The van der Waals surface area contributed by atoms with Crippen LogP contribution in [-0.2, 0) is 28.6 Å². The van der Waals surface area contributed by atoms with Crippen molar-refractivity contribution in [3.8, 4) is 0 Å². The monoisotopic (exact) mass is 554 g/mol. The van der Waals surface area contributed by atoms with E-state index in [9.17, 15) is 14.4 Å². The Balaban J connectivity index is 4.42. The van der Waals surface area contributed by atoms with Crippen LogP contribution in [0, 0.1) is 11.8 Å². The van der Waals surface area contributed by atoms with Crippen LogP contribution in [0.15, 0.2) is 0 Å². The van der Waals surface area contributed by atoms with Crippen molar-refractivity contribution in [2.24, 2.45) is 11.8 Å². The highest BCUT2D eigenvalue weighted by molar-refractivity contribution is 5.71. The molecule has 0 radical (unpaired) electrons. The first-order valence-corrected chi connectivity index (χ1v) is 16.3. The summed E-state index contributed by atoms with van der Waals surface area (Å²) in [4.78, 5) is 36.9. The first kappa shape index (κ1) is 37.4. The van der Waals surface area contributed by atoms with Crippen molar-refractivity contribution >= 4 is 17.9 Å². The summed E-state index contributed by atoms with van der Waals surface area (Å²) in [6, 6.07) is 0. The Kier molecular flexibility index (Phi) is 25.5. The molecule has 0 fully saturated rings. The zero-order valence-corrected chi connectivity index (χ0v) is 26.2. The van der Waals surface area contributed by atoms with Crippen LogP contribution < -0.4 is 0 Å². The molecule has 230 valence electrons. The average molecular weight is 555 g/mol. The Morgan fingerprint density at radius 3 is 1.54 bits per heavy atom. The summed E-state index contributed by atoms with van der Waals surface area (Å²) < 4.78 is 16.4. The molecule has 0 aromatic rings. The SMILES string of the molecule is CCCCCCCCCCCC(=O)OC(COC(=O)CCCCCC(C)C)COC(=O)CCCC(C)CCC. The Morgan fingerprint density at radius 1 is 0.513 bits per heavy atom. The topological polar surface area (TPSA) is 78.9 Å². The van der Waals surface area contributed by atoms with Gasteiger partial charge in [0, 0.05) is 19.3 Å². The Labute approximate surface area is 240 Å². The molecule has 0 bridgehead atoms. The van der Waals surface area contributed by atoms with Gasteiger partial charge < -0.3 is 14.2 Å². The highest BCUT2D eigenvalue weighted by Crippen LogP contribution is 2.15. The number of hydrogen-bond donors (Lipinski definition) is 0. The molecule has 0 aliphatic heterocycles. The molecule has 0 saturated carbocycles. The van der Waals surface area contributed by atoms with Crippen molar-refractivity contribution in [1.82, 2.24) is 0 Å². The molecular weight excluding hydrogens is 492 g/mol. The number of carbonyl (C=O) groups excluding carboxylic acids is 3. The molecule has 0 aliphatic carbocycles. The van der Waals surface area contributed by atoms with Crippen LogP contribution in [0.1, 0.15) is 163 Å². The minimum Gasteiger partial charge on any atom is -0.462 e. The molecule has 0 heterocycles. The highest BCUT2D eigenvalue weighted by atomic mass is 16.6. The minimum atomic E-state index is -0.760. The quantitative estimate of drug-likeness (QED) is 0.0572. The van der Waals surface area contributed by atoms with E-state index in [0.717, 1.165) is 70.6 Å². The van der Waals surface area contributed by atoms with Gasteiger partial charge in [-0.25, -0.2) is 0 Å². The van der Waals surface area contributed by atoms with E-state index in [-0.39, 0.29) is 31.1 Å². The van der Waals surface area contributed by atoms with E-state index in [1.165, 1.54) is 38.5 Å². The third-order valence-corrected chi connectivity index (χ3v) is 7.16. The van der Waals surface area contributed by atoms with Crippen LogP contribution in [0.4, 0.5) is 0 Å². The molecule has 0 spiro atoms. The molecule has 0 N–H and O–H groups in total. The van der Waals surface area contributed by atoms with Crippen LogP contribution in [0.5, 0.6) is 0 Å². The average Bonchev–Trinajstić information content (AvgIpc) is 2.89. The van der Waals surface area contributed by atoms with Crippen LogP contribution in [0.3, 0.4) is 0 Å². The number of carbonyl (C=O) groups is 3. The molecule has 39 heavy (non-hydrogen) atoms. The fourth-order valence-corrected chi connectivity index (χ4v) is 4.69.